The lowest BCUT2D eigenvalue weighted by Gasteiger charge is -2.14. The zero-order valence-corrected chi connectivity index (χ0v) is 11.4. The Morgan fingerprint density at radius 3 is 2.84 bits per heavy atom. The number of nitrogens with two attached hydrogens (primary N) is 1. The molecule has 6 heteroatoms. The number of nitrogens with zero attached hydrogens (tertiary/aromatic N) is 2. The molecule has 1 aromatic rings. The van der Waals surface area contributed by atoms with Crippen LogP contribution in [0.3, 0.4) is 0 Å². The molecule has 0 aliphatic carbocycles. The molecule has 1 rings (SSSR count). The van der Waals surface area contributed by atoms with E-state index in [1.54, 1.807) is 6.07 Å². The Kier molecular flexibility index (Phi) is 6.24. The predicted octanol–water partition coefficient (Wildman–Crippen LogP) is 0.962. The minimum Gasteiger partial charge on any atom is -0.409 e. The van der Waals surface area contributed by atoms with Gasteiger partial charge in [0.15, 0.2) is 5.84 Å². The van der Waals surface area contributed by atoms with Crippen molar-refractivity contribution in [2.45, 2.75) is 13.5 Å². The average molecular weight is 268 g/mol. The highest BCUT2D eigenvalue weighted by atomic mass is 19.1. The van der Waals surface area contributed by atoms with E-state index in [2.05, 4.69) is 22.3 Å². The number of likely N-dealkylation sites (N-methyl/N-ethyl adjacent to an activating group) is 1. The van der Waals surface area contributed by atoms with Gasteiger partial charge in [0.2, 0.25) is 0 Å². The summed E-state index contributed by atoms with van der Waals surface area (Å²) in [4.78, 5) is 2.18. The zero-order chi connectivity index (χ0) is 14.3. The third-order valence-electron chi connectivity index (χ3n) is 2.90. The van der Waals surface area contributed by atoms with Gasteiger partial charge in [-0.3, -0.25) is 0 Å². The van der Waals surface area contributed by atoms with Gasteiger partial charge < -0.3 is 21.2 Å². The second-order valence-corrected chi connectivity index (χ2v) is 4.41. The van der Waals surface area contributed by atoms with E-state index in [0.717, 1.165) is 25.2 Å². The highest BCUT2D eigenvalue weighted by Gasteiger charge is 2.04. The number of benzene rings is 1. The van der Waals surface area contributed by atoms with Crippen LogP contribution in [0.4, 0.5) is 4.39 Å². The zero-order valence-electron chi connectivity index (χ0n) is 11.4. The number of halogens is 1. The van der Waals surface area contributed by atoms with E-state index >= 15 is 0 Å². The van der Waals surface area contributed by atoms with Gasteiger partial charge in [-0.05, 0) is 37.4 Å². The van der Waals surface area contributed by atoms with Crippen molar-refractivity contribution in [2.75, 3.05) is 26.7 Å². The van der Waals surface area contributed by atoms with E-state index in [9.17, 15) is 4.39 Å². The number of hydrogen-bond acceptors (Lipinski definition) is 4. The Morgan fingerprint density at radius 1 is 1.47 bits per heavy atom. The molecular weight excluding hydrogens is 247 g/mol. The van der Waals surface area contributed by atoms with Gasteiger partial charge in [-0.2, -0.15) is 0 Å². The third-order valence-corrected chi connectivity index (χ3v) is 2.90. The molecule has 1 aromatic carbocycles. The maximum absolute atomic E-state index is 13.4. The number of nitrogens with one attached hydrogen (secondary N) is 1. The van der Waals surface area contributed by atoms with Crippen molar-refractivity contribution in [1.82, 2.24) is 10.2 Å². The summed E-state index contributed by atoms with van der Waals surface area (Å²) in [6.07, 6.45) is 0. The lowest BCUT2D eigenvalue weighted by molar-refractivity contribution is 0.318. The molecule has 0 spiro atoms. The Morgan fingerprint density at radius 2 is 2.21 bits per heavy atom. The fraction of sp³-hybridized carbons (Fsp3) is 0.462. The normalized spacial score (nSPS) is 12.1. The van der Waals surface area contributed by atoms with Crippen molar-refractivity contribution < 1.29 is 9.60 Å². The van der Waals surface area contributed by atoms with Crippen LogP contribution in [-0.4, -0.2) is 42.6 Å². The molecule has 19 heavy (non-hydrogen) atoms. The van der Waals surface area contributed by atoms with Crippen LogP contribution in [0.2, 0.25) is 0 Å². The summed E-state index contributed by atoms with van der Waals surface area (Å²) in [5, 5.41) is 14.7. The van der Waals surface area contributed by atoms with Crippen molar-refractivity contribution in [1.29, 1.82) is 0 Å². The minimum absolute atomic E-state index is 0.0912. The van der Waals surface area contributed by atoms with Crippen molar-refractivity contribution in [3.05, 3.63) is 35.1 Å². The first kappa shape index (κ1) is 15.4. The average Bonchev–Trinajstić information content (AvgIpc) is 2.41. The van der Waals surface area contributed by atoms with E-state index in [4.69, 9.17) is 10.9 Å². The summed E-state index contributed by atoms with van der Waals surface area (Å²) >= 11 is 0. The summed E-state index contributed by atoms with van der Waals surface area (Å²) < 4.78 is 13.4. The van der Waals surface area contributed by atoms with Crippen LogP contribution < -0.4 is 11.1 Å². The van der Waals surface area contributed by atoms with E-state index in [1.165, 1.54) is 12.1 Å². The van der Waals surface area contributed by atoms with Crippen LogP contribution in [0.5, 0.6) is 0 Å². The molecule has 0 aliphatic rings. The van der Waals surface area contributed by atoms with Crippen LogP contribution >= 0.6 is 0 Å². The van der Waals surface area contributed by atoms with Gasteiger partial charge in [0.1, 0.15) is 5.82 Å². The maximum Gasteiger partial charge on any atom is 0.170 e. The second-order valence-electron chi connectivity index (χ2n) is 4.41. The molecule has 0 aliphatic heterocycles. The van der Waals surface area contributed by atoms with Crippen LogP contribution in [0.1, 0.15) is 18.1 Å². The smallest absolute Gasteiger partial charge is 0.170 e. The Labute approximate surface area is 112 Å². The molecule has 0 unspecified atom stereocenters. The summed E-state index contributed by atoms with van der Waals surface area (Å²) in [5.74, 6) is -0.488. The van der Waals surface area contributed by atoms with E-state index < -0.39 is 5.82 Å². The van der Waals surface area contributed by atoms with Gasteiger partial charge in [-0.15, -0.1) is 0 Å². The standard InChI is InChI=1S/C13H21FN4O/c1-3-18(2)5-4-16-9-10-6-11(13(15)17-19)8-12(14)7-10/h6-8,16,19H,3-5,9H2,1-2H3,(H2,15,17). The summed E-state index contributed by atoms with van der Waals surface area (Å²) in [5.41, 5.74) is 6.60. The highest BCUT2D eigenvalue weighted by Crippen LogP contribution is 2.09. The van der Waals surface area contributed by atoms with Crippen molar-refractivity contribution in [2.24, 2.45) is 10.9 Å². The summed E-state index contributed by atoms with van der Waals surface area (Å²) in [7, 11) is 2.04. The first-order valence-electron chi connectivity index (χ1n) is 6.23. The molecule has 4 N–H and O–H groups in total. The van der Waals surface area contributed by atoms with E-state index in [-0.39, 0.29) is 5.84 Å². The Balaban J connectivity index is 2.56. The highest BCUT2D eigenvalue weighted by molar-refractivity contribution is 5.97. The number of hydrogen-bond donors (Lipinski definition) is 3. The molecule has 0 radical (unpaired) electrons. The first-order chi connectivity index (χ1) is 9.06. The molecule has 0 saturated carbocycles. The molecular formula is C13H21FN4O. The van der Waals surface area contributed by atoms with Gasteiger partial charge in [0, 0.05) is 25.2 Å². The summed E-state index contributed by atoms with van der Waals surface area (Å²) in [6, 6.07) is 4.38. The van der Waals surface area contributed by atoms with Crippen LogP contribution in [0.25, 0.3) is 0 Å². The largest absolute Gasteiger partial charge is 0.409 e. The van der Waals surface area contributed by atoms with E-state index in [0.29, 0.717) is 12.1 Å². The molecule has 106 valence electrons. The maximum atomic E-state index is 13.4. The van der Waals surface area contributed by atoms with Crippen molar-refractivity contribution in [3.63, 3.8) is 0 Å². The molecule has 0 heterocycles. The summed E-state index contributed by atoms with van der Waals surface area (Å²) in [6.45, 7) is 5.38. The number of amidine groups is 1. The van der Waals surface area contributed by atoms with Gasteiger partial charge in [0.25, 0.3) is 0 Å². The molecule has 0 amide bonds. The third kappa shape index (κ3) is 5.23. The van der Waals surface area contributed by atoms with Gasteiger partial charge in [-0.1, -0.05) is 12.1 Å². The molecule has 5 nitrogen and oxygen atoms in total. The topological polar surface area (TPSA) is 73.9 Å². The van der Waals surface area contributed by atoms with Crippen LogP contribution in [-0.2, 0) is 6.54 Å². The van der Waals surface area contributed by atoms with Crippen molar-refractivity contribution >= 4 is 5.84 Å². The molecule has 0 bridgehead atoms. The lowest BCUT2D eigenvalue weighted by atomic mass is 10.1. The van der Waals surface area contributed by atoms with Gasteiger partial charge in [0.05, 0.1) is 0 Å². The first-order valence-corrected chi connectivity index (χ1v) is 6.23. The fourth-order valence-corrected chi connectivity index (χ4v) is 1.62. The second kappa shape index (κ2) is 7.70. The predicted molar refractivity (Wildman–Crippen MR) is 73.8 cm³/mol. The molecule has 0 fully saturated rings. The molecule has 0 saturated heterocycles. The molecule has 0 atom stereocenters. The van der Waals surface area contributed by atoms with Gasteiger partial charge in [-0.25, -0.2) is 4.39 Å². The van der Waals surface area contributed by atoms with Crippen molar-refractivity contribution in [3.8, 4) is 0 Å². The van der Waals surface area contributed by atoms with Crippen LogP contribution in [0, 0.1) is 5.82 Å². The van der Waals surface area contributed by atoms with E-state index in [1.807, 2.05) is 7.05 Å². The van der Waals surface area contributed by atoms with Gasteiger partial charge >= 0.3 is 0 Å². The Hall–Kier alpha value is -1.66. The lowest BCUT2D eigenvalue weighted by Crippen LogP contribution is -2.28. The van der Waals surface area contributed by atoms with Crippen LogP contribution in [0.15, 0.2) is 23.4 Å². The SMILES string of the molecule is CCN(C)CCNCc1cc(F)cc(/C(N)=N/O)c1. The Bertz CT molecular complexity index is 437. The number of oxime groups is 1. The minimum atomic E-state index is -0.397. The number of rotatable bonds is 7. The monoisotopic (exact) mass is 268 g/mol. The fourth-order valence-electron chi connectivity index (χ4n) is 1.62. The quantitative estimate of drug-likeness (QED) is 0.226. The molecule has 0 aromatic heterocycles.